The number of nitrogens with one attached hydrogen (secondary N) is 2. The summed E-state index contributed by atoms with van der Waals surface area (Å²) in [7, 11) is 0. The molecule has 2 N–H and O–H groups in total. The molecule has 4 rings (SSSR count). The fourth-order valence-corrected chi connectivity index (χ4v) is 2.60. The second-order valence-corrected chi connectivity index (χ2v) is 5.45. The van der Waals surface area contributed by atoms with Gasteiger partial charge in [0.05, 0.1) is 0 Å². The van der Waals surface area contributed by atoms with Crippen LogP contribution < -0.4 is 20.1 Å². The molecule has 24 heavy (non-hydrogen) atoms. The monoisotopic (exact) mass is 321 g/mol. The molecule has 6 heteroatoms. The molecule has 2 aromatic rings. The molecule has 2 aliphatic rings. The molecule has 0 aromatic heterocycles. The number of carbonyl (C=O) groups is 1. The number of ether oxygens (including phenoxy) is 2. The lowest BCUT2D eigenvalue weighted by molar-refractivity contribution is -0.115. The van der Waals surface area contributed by atoms with Crippen LogP contribution in [0.3, 0.4) is 0 Å². The minimum absolute atomic E-state index is 0.220. The van der Waals surface area contributed by atoms with Crippen LogP contribution in [-0.2, 0) is 4.79 Å². The van der Waals surface area contributed by atoms with E-state index in [-0.39, 0.29) is 12.7 Å². The Balaban J connectivity index is 1.64. The Morgan fingerprint density at radius 2 is 1.92 bits per heavy atom. The van der Waals surface area contributed by atoms with E-state index in [1.54, 1.807) is 0 Å². The Morgan fingerprint density at radius 1 is 1.12 bits per heavy atom. The summed E-state index contributed by atoms with van der Waals surface area (Å²) in [6.07, 6.45) is 0. The van der Waals surface area contributed by atoms with Gasteiger partial charge in [0.2, 0.25) is 12.8 Å². The maximum Gasteiger partial charge on any atom is 0.277 e. The molecule has 120 valence electrons. The largest absolute Gasteiger partial charge is 0.454 e. The van der Waals surface area contributed by atoms with Gasteiger partial charge in [-0.1, -0.05) is 24.3 Å². The normalized spacial score (nSPS) is 17.4. The quantitative estimate of drug-likeness (QED) is 0.834. The first-order chi connectivity index (χ1) is 11.7. The van der Waals surface area contributed by atoms with Gasteiger partial charge >= 0.3 is 0 Å². The molecule has 0 atom stereocenters. The highest BCUT2D eigenvalue weighted by molar-refractivity contribution is 6.18. The van der Waals surface area contributed by atoms with Crippen LogP contribution in [0.4, 0.5) is 5.69 Å². The first-order valence-electron chi connectivity index (χ1n) is 7.54. The Morgan fingerprint density at radius 3 is 2.75 bits per heavy atom. The molecule has 0 aliphatic carbocycles. The van der Waals surface area contributed by atoms with Crippen molar-refractivity contribution in [3.63, 3.8) is 0 Å². The fraction of sp³-hybridized carbons (Fsp3) is 0.111. The molecule has 0 saturated carbocycles. The lowest BCUT2D eigenvalue weighted by Crippen LogP contribution is -2.30. The predicted octanol–water partition coefficient (Wildman–Crippen LogP) is 2.74. The number of allylic oxidation sites excluding steroid dienone is 1. The van der Waals surface area contributed by atoms with Gasteiger partial charge in [0, 0.05) is 5.69 Å². The van der Waals surface area contributed by atoms with E-state index in [4.69, 9.17) is 9.47 Å². The highest BCUT2D eigenvalue weighted by Crippen LogP contribution is 2.35. The number of hydrogen-bond acceptors (Lipinski definition) is 5. The number of fused-ring (bicyclic) bond motifs is 1. The highest BCUT2D eigenvalue weighted by Gasteiger charge is 2.24. The molecule has 0 saturated heterocycles. The van der Waals surface area contributed by atoms with Crippen LogP contribution in [0.2, 0.25) is 0 Å². The lowest BCUT2D eigenvalue weighted by Gasteiger charge is -2.04. The molecule has 0 unspecified atom stereocenters. The van der Waals surface area contributed by atoms with Crippen LogP contribution >= 0.6 is 0 Å². The average molecular weight is 321 g/mol. The lowest BCUT2D eigenvalue weighted by atomic mass is 10.0. The van der Waals surface area contributed by atoms with E-state index in [1.165, 1.54) is 0 Å². The molecule has 0 spiro atoms. The minimum atomic E-state index is -0.233. The van der Waals surface area contributed by atoms with Crippen LogP contribution in [-0.4, -0.2) is 18.7 Å². The topological polar surface area (TPSA) is 72.0 Å². The Labute approximate surface area is 138 Å². The van der Waals surface area contributed by atoms with Crippen molar-refractivity contribution in [3.05, 3.63) is 59.8 Å². The van der Waals surface area contributed by atoms with E-state index >= 15 is 0 Å². The molecule has 1 amide bonds. The van der Waals surface area contributed by atoms with Crippen LogP contribution in [0.15, 0.2) is 59.2 Å². The van der Waals surface area contributed by atoms with Gasteiger partial charge in [-0.3, -0.25) is 10.1 Å². The predicted molar refractivity (Wildman–Crippen MR) is 90.8 cm³/mol. The third kappa shape index (κ3) is 2.58. The summed E-state index contributed by atoms with van der Waals surface area (Å²) in [6.45, 7) is 2.08. The molecule has 0 radical (unpaired) electrons. The third-order valence-electron chi connectivity index (χ3n) is 3.87. The third-order valence-corrected chi connectivity index (χ3v) is 3.87. The zero-order chi connectivity index (χ0) is 16.5. The number of carbonyl (C=O) groups excluding carboxylic acids is 1. The highest BCUT2D eigenvalue weighted by atomic mass is 16.7. The Kier molecular flexibility index (Phi) is 3.42. The van der Waals surface area contributed by atoms with Crippen LogP contribution in [0.1, 0.15) is 12.5 Å². The number of amides is 1. The standard InChI is InChI=1S/C18H15N3O3/c1-11(12-7-8-14-15(9-12)24-10-23-14)16-17(22)21-18(20-16)19-13-5-3-2-4-6-13/h2-9H,10H2,1H3,(H2,19,20,21,22)/b16-11-. The van der Waals surface area contributed by atoms with E-state index in [0.717, 1.165) is 16.8 Å². The maximum atomic E-state index is 12.2. The number of para-hydroxylation sites is 1. The summed E-state index contributed by atoms with van der Waals surface area (Å²) in [4.78, 5) is 16.6. The summed E-state index contributed by atoms with van der Waals surface area (Å²) in [5.41, 5.74) is 2.88. The fourth-order valence-electron chi connectivity index (χ4n) is 2.60. The van der Waals surface area contributed by atoms with Gasteiger partial charge in [0.15, 0.2) is 11.5 Å². The van der Waals surface area contributed by atoms with Crippen molar-refractivity contribution in [1.82, 2.24) is 5.32 Å². The minimum Gasteiger partial charge on any atom is -0.454 e. The van der Waals surface area contributed by atoms with Crippen molar-refractivity contribution in [2.45, 2.75) is 6.92 Å². The number of aliphatic imine (C=N–C) groups is 1. The van der Waals surface area contributed by atoms with Crippen molar-refractivity contribution in [1.29, 1.82) is 0 Å². The second-order valence-electron chi connectivity index (χ2n) is 5.45. The summed E-state index contributed by atoms with van der Waals surface area (Å²) in [5, 5.41) is 5.83. The van der Waals surface area contributed by atoms with Gasteiger partial charge in [0.25, 0.3) is 5.91 Å². The van der Waals surface area contributed by atoms with Crippen LogP contribution in [0.5, 0.6) is 11.5 Å². The van der Waals surface area contributed by atoms with E-state index in [9.17, 15) is 4.79 Å². The molecule has 2 aliphatic heterocycles. The SMILES string of the molecule is C/C(=C1/N=C(Nc2ccccc2)NC1=O)c1ccc2c(c1)OCO2. The van der Waals surface area contributed by atoms with Gasteiger partial charge in [-0.05, 0) is 42.3 Å². The number of anilines is 1. The summed E-state index contributed by atoms with van der Waals surface area (Å²) >= 11 is 0. The number of nitrogens with zero attached hydrogens (tertiary/aromatic N) is 1. The number of benzene rings is 2. The molecule has 2 heterocycles. The zero-order valence-electron chi connectivity index (χ0n) is 13.0. The van der Waals surface area contributed by atoms with Gasteiger partial charge in [0.1, 0.15) is 5.70 Å². The first-order valence-corrected chi connectivity index (χ1v) is 7.54. The van der Waals surface area contributed by atoms with Gasteiger partial charge in [-0.25, -0.2) is 4.99 Å². The van der Waals surface area contributed by atoms with Crippen molar-refractivity contribution < 1.29 is 14.3 Å². The molecular formula is C18H15N3O3. The maximum absolute atomic E-state index is 12.2. The molecule has 2 aromatic carbocycles. The molecule has 0 fully saturated rings. The summed E-state index contributed by atoms with van der Waals surface area (Å²) < 4.78 is 10.7. The van der Waals surface area contributed by atoms with E-state index < -0.39 is 0 Å². The summed E-state index contributed by atoms with van der Waals surface area (Å²) in [5.74, 6) is 1.57. The molecule has 6 nitrogen and oxygen atoms in total. The zero-order valence-corrected chi connectivity index (χ0v) is 13.0. The average Bonchev–Trinajstić information content (AvgIpc) is 3.20. The smallest absolute Gasteiger partial charge is 0.277 e. The van der Waals surface area contributed by atoms with Crippen LogP contribution in [0, 0.1) is 0 Å². The number of hydrogen-bond donors (Lipinski definition) is 2. The molecule has 0 bridgehead atoms. The van der Waals surface area contributed by atoms with Crippen molar-refractivity contribution in [2.24, 2.45) is 4.99 Å². The van der Waals surface area contributed by atoms with Gasteiger partial charge in [-0.2, -0.15) is 0 Å². The second kappa shape index (κ2) is 5.73. The van der Waals surface area contributed by atoms with Crippen molar-refractivity contribution in [3.8, 4) is 11.5 Å². The van der Waals surface area contributed by atoms with Crippen molar-refractivity contribution in [2.75, 3.05) is 12.1 Å². The van der Waals surface area contributed by atoms with E-state index in [2.05, 4.69) is 15.6 Å². The van der Waals surface area contributed by atoms with Gasteiger partial charge in [-0.15, -0.1) is 0 Å². The Bertz CT molecular complexity index is 872. The number of rotatable bonds is 2. The van der Waals surface area contributed by atoms with E-state index in [0.29, 0.717) is 23.2 Å². The summed E-state index contributed by atoms with van der Waals surface area (Å²) in [6, 6.07) is 15.1. The Hall–Kier alpha value is -3.28. The van der Waals surface area contributed by atoms with Crippen molar-refractivity contribution >= 4 is 23.1 Å². The van der Waals surface area contributed by atoms with Crippen LogP contribution in [0.25, 0.3) is 5.57 Å². The first kappa shape index (κ1) is 14.3. The van der Waals surface area contributed by atoms with E-state index in [1.807, 2.05) is 55.5 Å². The molecular weight excluding hydrogens is 306 g/mol. The van der Waals surface area contributed by atoms with Gasteiger partial charge < -0.3 is 14.8 Å². The number of guanidine groups is 1.